The Morgan fingerprint density at radius 3 is 2.55 bits per heavy atom. The molecule has 40 heavy (non-hydrogen) atoms. The topological polar surface area (TPSA) is 132 Å². The minimum atomic E-state index is -0.524. The summed E-state index contributed by atoms with van der Waals surface area (Å²) >= 11 is 0. The number of nitrogens with zero attached hydrogens (tertiary/aromatic N) is 3. The molecule has 11 heteroatoms. The second-order valence-electron chi connectivity index (χ2n) is 10.6. The second-order valence-corrected chi connectivity index (χ2v) is 10.6. The number of fused-ring (bicyclic) bond motifs is 1. The van der Waals surface area contributed by atoms with Crippen molar-refractivity contribution in [1.82, 2.24) is 14.9 Å². The highest BCUT2D eigenvalue weighted by atomic mass is 16.5. The van der Waals surface area contributed by atoms with Crippen LogP contribution >= 0.6 is 0 Å². The van der Waals surface area contributed by atoms with Crippen molar-refractivity contribution in [1.29, 1.82) is 0 Å². The number of rotatable bonds is 6. The first-order chi connectivity index (χ1) is 19.4. The Labute approximate surface area is 231 Å². The van der Waals surface area contributed by atoms with Crippen LogP contribution < -0.4 is 31.1 Å². The first kappa shape index (κ1) is 25.7. The smallest absolute Gasteiger partial charge is 0.263 e. The SMILES string of the molecule is Cc1c(Nc2cc[nH]c(=O)c2C(=O)Nc2ccc(N3CCN(C(=O)C4CC4C)CC3)cc2)cnc2c1NCCO2. The number of pyridine rings is 2. The Balaban J connectivity index is 1.12. The zero-order valence-electron chi connectivity index (χ0n) is 22.6. The summed E-state index contributed by atoms with van der Waals surface area (Å²) in [5.41, 5.74) is 3.76. The normalized spacial score (nSPS) is 19.6. The van der Waals surface area contributed by atoms with Crippen molar-refractivity contribution < 1.29 is 14.3 Å². The number of carbonyl (C=O) groups excluding carboxylic acids is 2. The third kappa shape index (κ3) is 5.06. The highest BCUT2D eigenvalue weighted by Gasteiger charge is 2.42. The van der Waals surface area contributed by atoms with Gasteiger partial charge in [0.15, 0.2) is 0 Å². The van der Waals surface area contributed by atoms with Crippen molar-refractivity contribution in [2.24, 2.45) is 11.8 Å². The molecule has 3 aromatic rings. The lowest BCUT2D eigenvalue weighted by molar-refractivity contribution is -0.133. The van der Waals surface area contributed by atoms with Crippen LogP contribution in [0.5, 0.6) is 5.88 Å². The van der Waals surface area contributed by atoms with Gasteiger partial charge in [0.1, 0.15) is 17.9 Å². The lowest BCUT2D eigenvalue weighted by Crippen LogP contribution is -2.49. The van der Waals surface area contributed by atoms with Gasteiger partial charge in [-0.1, -0.05) is 6.92 Å². The van der Waals surface area contributed by atoms with Crippen molar-refractivity contribution >= 4 is 40.3 Å². The number of aromatic amines is 1. The largest absolute Gasteiger partial charge is 0.474 e. The molecule has 6 rings (SSSR count). The van der Waals surface area contributed by atoms with Gasteiger partial charge in [-0.3, -0.25) is 14.4 Å². The van der Waals surface area contributed by atoms with Crippen molar-refractivity contribution in [2.45, 2.75) is 20.3 Å². The number of benzene rings is 1. The molecule has 1 aromatic carbocycles. The van der Waals surface area contributed by atoms with Gasteiger partial charge in [-0.2, -0.15) is 0 Å². The van der Waals surface area contributed by atoms with Gasteiger partial charge in [0.05, 0.1) is 17.6 Å². The van der Waals surface area contributed by atoms with Crippen LogP contribution in [0.2, 0.25) is 0 Å². The number of piperazine rings is 1. The molecule has 3 aliphatic rings. The number of H-pyrrole nitrogens is 1. The van der Waals surface area contributed by atoms with E-state index in [0.29, 0.717) is 47.9 Å². The highest BCUT2D eigenvalue weighted by molar-refractivity contribution is 6.08. The third-order valence-corrected chi connectivity index (χ3v) is 7.91. The maximum Gasteiger partial charge on any atom is 0.263 e. The predicted octanol–water partition coefficient (Wildman–Crippen LogP) is 3.18. The van der Waals surface area contributed by atoms with Crippen molar-refractivity contribution in [2.75, 3.05) is 60.2 Å². The summed E-state index contributed by atoms with van der Waals surface area (Å²) in [6.45, 7) is 8.24. The van der Waals surface area contributed by atoms with Gasteiger partial charge >= 0.3 is 0 Å². The number of anilines is 5. The van der Waals surface area contributed by atoms with Crippen LogP contribution in [0.25, 0.3) is 0 Å². The minimum absolute atomic E-state index is 0.0290. The Morgan fingerprint density at radius 2 is 1.82 bits per heavy atom. The van der Waals surface area contributed by atoms with Gasteiger partial charge < -0.3 is 35.5 Å². The number of carbonyl (C=O) groups is 2. The number of amides is 2. The Hall–Kier alpha value is -4.54. The van der Waals surface area contributed by atoms with Crippen LogP contribution in [-0.2, 0) is 4.79 Å². The van der Waals surface area contributed by atoms with E-state index < -0.39 is 11.5 Å². The average Bonchev–Trinajstić information content (AvgIpc) is 3.71. The van der Waals surface area contributed by atoms with E-state index in [0.717, 1.165) is 49.5 Å². The third-order valence-electron chi connectivity index (χ3n) is 7.91. The molecular weight excluding hydrogens is 510 g/mol. The van der Waals surface area contributed by atoms with E-state index in [-0.39, 0.29) is 11.5 Å². The molecule has 208 valence electrons. The second kappa shape index (κ2) is 10.6. The van der Waals surface area contributed by atoms with E-state index in [1.807, 2.05) is 36.1 Å². The summed E-state index contributed by atoms with van der Waals surface area (Å²) in [7, 11) is 0. The van der Waals surface area contributed by atoms with Gasteiger partial charge in [-0.05, 0) is 49.6 Å². The van der Waals surface area contributed by atoms with E-state index >= 15 is 0 Å². The molecule has 2 atom stereocenters. The minimum Gasteiger partial charge on any atom is -0.474 e. The highest BCUT2D eigenvalue weighted by Crippen LogP contribution is 2.39. The van der Waals surface area contributed by atoms with Crippen LogP contribution in [-0.4, -0.2) is 66.0 Å². The summed E-state index contributed by atoms with van der Waals surface area (Å²) in [4.78, 5) is 49.7. The Kier molecular flexibility index (Phi) is 6.79. The molecule has 11 nitrogen and oxygen atoms in total. The molecular formula is C29H33N7O4. The number of ether oxygens (including phenoxy) is 1. The summed E-state index contributed by atoms with van der Waals surface area (Å²) in [6.07, 6.45) is 4.14. The van der Waals surface area contributed by atoms with Crippen LogP contribution in [0.15, 0.2) is 47.5 Å². The summed E-state index contributed by atoms with van der Waals surface area (Å²) < 4.78 is 5.59. The van der Waals surface area contributed by atoms with Gasteiger partial charge in [-0.15, -0.1) is 0 Å². The quantitative estimate of drug-likeness (QED) is 0.373. The lowest BCUT2D eigenvalue weighted by Gasteiger charge is -2.36. The number of aromatic nitrogens is 2. The molecule has 0 bridgehead atoms. The molecule has 1 saturated heterocycles. The maximum absolute atomic E-state index is 13.3. The van der Waals surface area contributed by atoms with Crippen molar-refractivity contribution in [3.8, 4) is 5.88 Å². The Morgan fingerprint density at radius 1 is 1.07 bits per heavy atom. The van der Waals surface area contributed by atoms with E-state index in [1.54, 1.807) is 12.3 Å². The van der Waals surface area contributed by atoms with E-state index in [9.17, 15) is 14.4 Å². The fraction of sp³-hybridized carbons (Fsp3) is 0.379. The van der Waals surface area contributed by atoms with Gasteiger partial charge in [0.2, 0.25) is 11.8 Å². The summed E-state index contributed by atoms with van der Waals surface area (Å²) in [6, 6.07) is 9.19. The van der Waals surface area contributed by atoms with E-state index in [2.05, 4.69) is 37.7 Å². The fourth-order valence-corrected chi connectivity index (χ4v) is 5.34. The molecule has 1 aliphatic carbocycles. The fourth-order valence-electron chi connectivity index (χ4n) is 5.34. The first-order valence-corrected chi connectivity index (χ1v) is 13.7. The molecule has 0 spiro atoms. The maximum atomic E-state index is 13.3. The van der Waals surface area contributed by atoms with E-state index in [1.165, 1.54) is 6.20 Å². The molecule has 2 unspecified atom stereocenters. The van der Waals surface area contributed by atoms with Gasteiger partial charge in [0, 0.05) is 61.8 Å². The zero-order valence-corrected chi connectivity index (χ0v) is 22.6. The molecule has 2 aromatic heterocycles. The molecule has 1 saturated carbocycles. The molecule has 2 amide bonds. The first-order valence-electron chi connectivity index (χ1n) is 13.7. The monoisotopic (exact) mass is 543 g/mol. The molecule has 0 radical (unpaired) electrons. The van der Waals surface area contributed by atoms with Crippen LogP contribution in [0, 0.1) is 18.8 Å². The predicted molar refractivity (Wildman–Crippen MR) is 154 cm³/mol. The van der Waals surface area contributed by atoms with Crippen LogP contribution in [0.1, 0.15) is 29.3 Å². The standard InChI is InChI=1S/C29H33N7O4/c1-17-15-21(17)29(39)36-12-10-35(11-13-36)20-5-3-19(4-6-20)33-27(38)24-22(7-8-31-26(24)37)34-23-16-32-28-25(18(23)2)30-9-14-40-28/h3-8,16-17,21,30H,9-15H2,1-2H3,(H,33,38)(H2,31,34,37). The Bertz CT molecular complexity index is 1500. The van der Waals surface area contributed by atoms with Crippen LogP contribution in [0.4, 0.5) is 28.4 Å². The molecule has 4 heterocycles. The number of nitrogens with one attached hydrogen (secondary N) is 4. The lowest BCUT2D eigenvalue weighted by atomic mass is 10.1. The van der Waals surface area contributed by atoms with Crippen molar-refractivity contribution in [3.63, 3.8) is 0 Å². The number of hydrogen-bond acceptors (Lipinski definition) is 8. The van der Waals surface area contributed by atoms with Crippen molar-refractivity contribution in [3.05, 3.63) is 64.2 Å². The molecule has 2 fully saturated rings. The summed E-state index contributed by atoms with van der Waals surface area (Å²) in [5, 5.41) is 9.34. The van der Waals surface area contributed by atoms with Gasteiger partial charge in [0.25, 0.3) is 11.5 Å². The van der Waals surface area contributed by atoms with E-state index in [4.69, 9.17) is 4.74 Å². The zero-order chi connectivity index (χ0) is 27.8. The average molecular weight is 544 g/mol. The van der Waals surface area contributed by atoms with Crippen LogP contribution in [0.3, 0.4) is 0 Å². The summed E-state index contributed by atoms with van der Waals surface area (Å²) in [5.74, 6) is 1.03. The number of hydrogen-bond donors (Lipinski definition) is 4. The molecule has 2 aliphatic heterocycles. The van der Waals surface area contributed by atoms with Gasteiger partial charge in [-0.25, -0.2) is 4.98 Å². The molecule has 4 N–H and O–H groups in total.